The minimum atomic E-state index is -0.624. The Morgan fingerprint density at radius 1 is 1.08 bits per heavy atom. The Balaban J connectivity index is 1.53. The quantitative estimate of drug-likeness (QED) is 0.900. The molecule has 2 aliphatic rings. The highest BCUT2D eigenvalue weighted by atomic mass is 19.1. The van der Waals surface area contributed by atoms with E-state index in [0.717, 1.165) is 12.5 Å². The molecule has 1 fully saturated rings. The predicted octanol–water partition coefficient (Wildman–Crippen LogP) is 2.70. The van der Waals surface area contributed by atoms with Crippen molar-refractivity contribution in [2.75, 3.05) is 0 Å². The Hall–Kier alpha value is -2.47. The van der Waals surface area contributed by atoms with Gasteiger partial charge in [0.2, 0.25) is 0 Å². The van der Waals surface area contributed by atoms with Gasteiger partial charge < -0.3 is 15.4 Å². The van der Waals surface area contributed by atoms with Gasteiger partial charge in [0.1, 0.15) is 17.7 Å². The van der Waals surface area contributed by atoms with Crippen LogP contribution in [0.1, 0.15) is 16.7 Å². The topological polar surface area (TPSA) is 50.4 Å². The van der Waals surface area contributed by atoms with E-state index in [4.69, 9.17) is 4.74 Å². The standard InChI is InChI=1S/C19H18F2N2O2/c20-14-5-11(6-15(21)9-14)7-17-18(25-19(24)23-17)16-8-12-3-1-2-4-13(12)10-22-16/h1-6,9,16-18,22H,7-8,10H2,(H,23,24)/t16-,17+,18-/m1/s1. The molecule has 25 heavy (non-hydrogen) atoms. The van der Waals surface area contributed by atoms with E-state index in [1.165, 1.54) is 23.3 Å². The van der Waals surface area contributed by atoms with E-state index >= 15 is 0 Å². The largest absolute Gasteiger partial charge is 0.442 e. The SMILES string of the molecule is O=C1N[C@@H](Cc2cc(F)cc(F)c2)[C@@H]([C@H]2Cc3ccccc3CN2)O1. The van der Waals surface area contributed by atoms with E-state index in [-0.39, 0.29) is 12.1 Å². The number of rotatable bonds is 3. The van der Waals surface area contributed by atoms with E-state index in [1.54, 1.807) is 0 Å². The first-order valence-electron chi connectivity index (χ1n) is 8.31. The van der Waals surface area contributed by atoms with Crippen molar-refractivity contribution in [3.8, 4) is 0 Å². The van der Waals surface area contributed by atoms with Gasteiger partial charge >= 0.3 is 6.09 Å². The molecule has 0 bridgehead atoms. The van der Waals surface area contributed by atoms with Crippen molar-refractivity contribution in [3.63, 3.8) is 0 Å². The molecule has 1 saturated heterocycles. The second kappa shape index (κ2) is 6.44. The van der Waals surface area contributed by atoms with E-state index in [2.05, 4.69) is 22.8 Å². The number of nitrogens with one attached hydrogen (secondary N) is 2. The van der Waals surface area contributed by atoms with E-state index < -0.39 is 23.8 Å². The van der Waals surface area contributed by atoms with Crippen LogP contribution in [-0.4, -0.2) is 24.3 Å². The average Bonchev–Trinajstić information content (AvgIpc) is 2.94. The minimum Gasteiger partial charge on any atom is -0.442 e. The normalized spacial score (nSPS) is 25.2. The van der Waals surface area contributed by atoms with E-state index in [9.17, 15) is 13.6 Å². The Morgan fingerprint density at radius 2 is 1.80 bits per heavy atom. The zero-order valence-electron chi connectivity index (χ0n) is 13.5. The third-order valence-electron chi connectivity index (χ3n) is 4.83. The van der Waals surface area contributed by atoms with Crippen LogP contribution in [0, 0.1) is 11.6 Å². The van der Waals surface area contributed by atoms with Gasteiger partial charge in [-0.15, -0.1) is 0 Å². The van der Waals surface area contributed by atoms with Crippen LogP contribution in [-0.2, 0) is 24.1 Å². The van der Waals surface area contributed by atoms with Crippen molar-refractivity contribution in [1.29, 1.82) is 0 Å². The van der Waals surface area contributed by atoms with Gasteiger partial charge in [-0.2, -0.15) is 0 Å². The summed E-state index contributed by atoms with van der Waals surface area (Å²) in [6.45, 7) is 0.705. The van der Waals surface area contributed by atoms with Crippen molar-refractivity contribution in [1.82, 2.24) is 10.6 Å². The van der Waals surface area contributed by atoms with Crippen molar-refractivity contribution < 1.29 is 18.3 Å². The monoisotopic (exact) mass is 344 g/mol. The molecule has 2 aromatic carbocycles. The molecule has 4 nitrogen and oxygen atoms in total. The lowest BCUT2D eigenvalue weighted by Crippen LogP contribution is -2.50. The lowest BCUT2D eigenvalue weighted by molar-refractivity contribution is 0.101. The molecule has 2 heterocycles. The molecule has 2 aliphatic heterocycles. The number of ether oxygens (including phenoxy) is 1. The zero-order valence-corrected chi connectivity index (χ0v) is 13.5. The van der Waals surface area contributed by atoms with Gasteiger partial charge in [-0.25, -0.2) is 13.6 Å². The number of hydrogen-bond donors (Lipinski definition) is 2. The molecular weight excluding hydrogens is 326 g/mol. The lowest BCUT2D eigenvalue weighted by Gasteiger charge is -2.31. The van der Waals surface area contributed by atoms with E-state index in [0.29, 0.717) is 18.5 Å². The summed E-state index contributed by atoms with van der Waals surface area (Å²) in [6.07, 6.45) is 0.161. The Morgan fingerprint density at radius 3 is 2.56 bits per heavy atom. The lowest BCUT2D eigenvalue weighted by atomic mass is 9.89. The number of fused-ring (bicyclic) bond motifs is 1. The van der Waals surface area contributed by atoms with Gasteiger partial charge in [-0.05, 0) is 41.7 Å². The number of benzene rings is 2. The van der Waals surface area contributed by atoms with Crippen LogP contribution in [0.4, 0.5) is 13.6 Å². The number of carbonyl (C=O) groups excluding carboxylic acids is 1. The molecule has 0 radical (unpaired) electrons. The second-order valence-electron chi connectivity index (χ2n) is 6.56. The first-order valence-corrected chi connectivity index (χ1v) is 8.31. The maximum atomic E-state index is 13.4. The summed E-state index contributed by atoms with van der Waals surface area (Å²) in [5, 5.41) is 6.18. The number of halogens is 2. The Labute approximate surface area is 144 Å². The van der Waals surface area contributed by atoms with Gasteiger partial charge in [0.25, 0.3) is 0 Å². The van der Waals surface area contributed by atoms with Crippen molar-refractivity contribution >= 4 is 6.09 Å². The Bertz CT molecular complexity index is 792. The van der Waals surface area contributed by atoms with Gasteiger partial charge in [-0.1, -0.05) is 24.3 Å². The van der Waals surface area contributed by atoms with Crippen molar-refractivity contribution in [2.45, 2.75) is 37.6 Å². The summed E-state index contributed by atoms with van der Waals surface area (Å²) in [5.41, 5.74) is 2.96. The molecule has 0 unspecified atom stereocenters. The molecule has 3 atom stereocenters. The van der Waals surface area contributed by atoms with Crippen LogP contribution in [0.25, 0.3) is 0 Å². The molecule has 0 spiro atoms. The van der Waals surface area contributed by atoms with Crippen LogP contribution >= 0.6 is 0 Å². The van der Waals surface area contributed by atoms with Crippen molar-refractivity contribution in [3.05, 3.63) is 70.8 Å². The minimum absolute atomic E-state index is 0.0442. The summed E-state index contributed by atoms with van der Waals surface area (Å²) < 4.78 is 32.3. The van der Waals surface area contributed by atoms with Gasteiger partial charge in [-0.3, -0.25) is 0 Å². The number of cyclic esters (lactones) is 1. The molecule has 0 aliphatic carbocycles. The number of hydrogen-bond acceptors (Lipinski definition) is 3. The summed E-state index contributed by atoms with van der Waals surface area (Å²) in [4.78, 5) is 11.8. The molecule has 6 heteroatoms. The number of amides is 1. The fourth-order valence-electron chi connectivity index (χ4n) is 3.70. The highest BCUT2D eigenvalue weighted by Crippen LogP contribution is 2.24. The maximum Gasteiger partial charge on any atom is 0.407 e. The second-order valence-corrected chi connectivity index (χ2v) is 6.56. The zero-order chi connectivity index (χ0) is 17.4. The number of alkyl carbamates (subject to hydrolysis) is 1. The first-order chi connectivity index (χ1) is 12.1. The molecule has 4 rings (SSSR count). The summed E-state index contributed by atoms with van der Waals surface area (Å²) in [5.74, 6) is -1.25. The molecule has 2 N–H and O–H groups in total. The smallest absolute Gasteiger partial charge is 0.407 e. The van der Waals surface area contributed by atoms with Crippen LogP contribution in [0.5, 0.6) is 0 Å². The molecule has 0 saturated carbocycles. The molecular formula is C19H18F2N2O2. The van der Waals surface area contributed by atoms with Crippen LogP contribution < -0.4 is 10.6 Å². The molecule has 1 amide bonds. The van der Waals surface area contributed by atoms with Crippen LogP contribution in [0.15, 0.2) is 42.5 Å². The highest BCUT2D eigenvalue weighted by Gasteiger charge is 2.40. The predicted molar refractivity (Wildman–Crippen MR) is 88.0 cm³/mol. The maximum absolute atomic E-state index is 13.4. The van der Waals surface area contributed by atoms with E-state index in [1.807, 2.05) is 12.1 Å². The summed E-state index contributed by atoms with van der Waals surface area (Å²) in [6, 6.07) is 11.2. The third kappa shape index (κ3) is 3.35. The van der Waals surface area contributed by atoms with Gasteiger partial charge in [0.15, 0.2) is 0 Å². The fraction of sp³-hybridized carbons (Fsp3) is 0.316. The van der Waals surface area contributed by atoms with Gasteiger partial charge in [0.05, 0.1) is 12.1 Å². The van der Waals surface area contributed by atoms with Gasteiger partial charge in [0, 0.05) is 12.6 Å². The van der Waals surface area contributed by atoms with Crippen molar-refractivity contribution in [2.24, 2.45) is 0 Å². The summed E-state index contributed by atoms with van der Waals surface area (Å²) >= 11 is 0. The highest BCUT2D eigenvalue weighted by molar-refractivity contribution is 5.70. The average molecular weight is 344 g/mol. The molecule has 0 aromatic heterocycles. The van der Waals surface area contributed by atoms with Crippen LogP contribution in [0.3, 0.4) is 0 Å². The molecule has 130 valence electrons. The first kappa shape index (κ1) is 16.0. The number of carbonyl (C=O) groups is 1. The third-order valence-corrected chi connectivity index (χ3v) is 4.83. The fourth-order valence-corrected chi connectivity index (χ4v) is 3.70. The van der Waals surface area contributed by atoms with Crippen LogP contribution in [0.2, 0.25) is 0 Å². The Kier molecular flexibility index (Phi) is 4.13. The molecule has 2 aromatic rings. The summed E-state index contributed by atoms with van der Waals surface area (Å²) in [7, 11) is 0.